The number of ether oxygens (including phenoxy) is 3. The highest BCUT2D eigenvalue weighted by Crippen LogP contribution is 2.12. The van der Waals surface area contributed by atoms with Crippen molar-refractivity contribution in [3.63, 3.8) is 0 Å². The van der Waals surface area contributed by atoms with Gasteiger partial charge in [0, 0.05) is 11.8 Å². The summed E-state index contributed by atoms with van der Waals surface area (Å²) in [5, 5.41) is 0. The summed E-state index contributed by atoms with van der Waals surface area (Å²) in [7, 11) is 0. The molecule has 0 atom stereocenters. The van der Waals surface area contributed by atoms with Gasteiger partial charge in [-0.3, -0.25) is 0 Å². The summed E-state index contributed by atoms with van der Waals surface area (Å²) in [6.07, 6.45) is 6.13. The van der Waals surface area contributed by atoms with Crippen LogP contribution in [-0.4, -0.2) is 26.4 Å². The molecular weight excluding hydrogens is 264 g/mol. The maximum Gasteiger partial charge on any atom is 0.0968 e. The molecule has 3 heteroatoms. The van der Waals surface area contributed by atoms with Gasteiger partial charge in [0.2, 0.25) is 0 Å². The lowest BCUT2D eigenvalue weighted by Gasteiger charge is -2.14. The van der Waals surface area contributed by atoms with Crippen LogP contribution in [0.4, 0.5) is 0 Å². The largest absolute Gasteiger partial charge is 0.498 e. The van der Waals surface area contributed by atoms with Crippen molar-refractivity contribution in [3.8, 4) is 0 Å². The molecule has 0 saturated heterocycles. The third kappa shape index (κ3) is 10.4. The van der Waals surface area contributed by atoms with Crippen molar-refractivity contribution in [2.75, 3.05) is 26.4 Å². The first-order chi connectivity index (χ1) is 10.0. The number of hydrogen-bond donors (Lipinski definition) is 0. The fraction of sp³-hybridized carbons (Fsp3) is 0.778. The molecule has 0 spiro atoms. The molecule has 0 aromatic rings. The minimum Gasteiger partial charge on any atom is -0.498 e. The first kappa shape index (κ1) is 20.0. The zero-order chi connectivity index (χ0) is 16.1. The van der Waals surface area contributed by atoms with Crippen LogP contribution in [0.2, 0.25) is 0 Å². The van der Waals surface area contributed by atoms with E-state index in [1.807, 2.05) is 12.2 Å². The third-order valence-electron chi connectivity index (χ3n) is 2.89. The Balaban J connectivity index is 4.19. The summed E-state index contributed by atoms with van der Waals surface area (Å²) in [5.74, 6) is 2.84. The summed E-state index contributed by atoms with van der Waals surface area (Å²) in [6.45, 7) is 15.5. The summed E-state index contributed by atoms with van der Waals surface area (Å²) >= 11 is 0. The molecule has 0 aliphatic carbocycles. The average molecular weight is 298 g/mol. The van der Waals surface area contributed by atoms with E-state index in [0.717, 1.165) is 37.6 Å². The Hall–Kier alpha value is -0.960. The molecule has 0 aliphatic heterocycles. The lowest BCUT2D eigenvalue weighted by atomic mass is 10.1. The second-order valence-electron chi connectivity index (χ2n) is 5.76. The number of rotatable bonds is 12. The van der Waals surface area contributed by atoms with E-state index in [4.69, 9.17) is 14.2 Å². The van der Waals surface area contributed by atoms with Crippen LogP contribution >= 0.6 is 0 Å². The normalized spacial score (nSPS) is 13.1. The van der Waals surface area contributed by atoms with Crippen LogP contribution in [0.3, 0.4) is 0 Å². The van der Waals surface area contributed by atoms with Gasteiger partial charge in [-0.05, 0) is 25.0 Å². The summed E-state index contributed by atoms with van der Waals surface area (Å²) in [5.41, 5.74) is 0. The highest BCUT2D eigenvalue weighted by atomic mass is 16.5. The topological polar surface area (TPSA) is 27.7 Å². The van der Waals surface area contributed by atoms with Crippen LogP contribution < -0.4 is 0 Å². The Morgan fingerprint density at radius 3 is 1.43 bits per heavy atom. The molecule has 0 aliphatic rings. The van der Waals surface area contributed by atoms with Crippen molar-refractivity contribution >= 4 is 0 Å². The van der Waals surface area contributed by atoms with Crippen LogP contribution in [0, 0.1) is 11.8 Å². The smallest absolute Gasteiger partial charge is 0.0968 e. The molecule has 0 rings (SSSR count). The lowest BCUT2D eigenvalue weighted by molar-refractivity contribution is 0.155. The van der Waals surface area contributed by atoms with Gasteiger partial charge in [0.25, 0.3) is 0 Å². The zero-order valence-electron chi connectivity index (χ0n) is 14.8. The molecule has 124 valence electrons. The van der Waals surface area contributed by atoms with Gasteiger partial charge in [-0.2, -0.15) is 0 Å². The Labute approximate surface area is 131 Å². The van der Waals surface area contributed by atoms with E-state index in [1.54, 1.807) is 0 Å². The van der Waals surface area contributed by atoms with Gasteiger partial charge in [0.15, 0.2) is 0 Å². The second-order valence-corrected chi connectivity index (χ2v) is 5.76. The van der Waals surface area contributed by atoms with E-state index in [1.165, 1.54) is 0 Å². The van der Waals surface area contributed by atoms with Crippen molar-refractivity contribution in [3.05, 3.63) is 23.7 Å². The molecule has 0 unspecified atom stereocenters. The monoisotopic (exact) mass is 298 g/mol. The van der Waals surface area contributed by atoms with E-state index in [2.05, 4.69) is 41.5 Å². The summed E-state index contributed by atoms with van der Waals surface area (Å²) < 4.78 is 17.1. The minimum absolute atomic E-state index is 0.398. The molecule has 0 heterocycles. The highest BCUT2D eigenvalue weighted by molar-refractivity contribution is 4.98. The quantitative estimate of drug-likeness (QED) is 0.377. The van der Waals surface area contributed by atoms with E-state index in [-0.39, 0.29) is 0 Å². The van der Waals surface area contributed by atoms with Crippen molar-refractivity contribution in [1.29, 1.82) is 0 Å². The molecule has 0 fully saturated rings. The summed E-state index contributed by atoms with van der Waals surface area (Å²) in [4.78, 5) is 0. The molecule has 0 amide bonds. The molecule has 0 radical (unpaired) electrons. The van der Waals surface area contributed by atoms with Crippen molar-refractivity contribution in [2.45, 2.75) is 54.4 Å². The van der Waals surface area contributed by atoms with Crippen LogP contribution in [0.5, 0.6) is 0 Å². The van der Waals surface area contributed by atoms with Gasteiger partial charge >= 0.3 is 0 Å². The van der Waals surface area contributed by atoms with E-state index >= 15 is 0 Å². The van der Waals surface area contributed by atoms with Crippen LogP contribution in [0.25, 0.3) is 0 Å². The van der Waals surface area contributed by atoms with Crippen molar-refractivity contribution in [1.82, 2.24) is 0 Å². The first-order valence-electron chi connectivity index (χ1n) is 8.26. The fourth-order valence-electron chi connectivity index (χ4n) is 1.71. The molecule has 21 heavy (non-hydrogen) atoms. The second kappa shape index (κ2) is 12.8. The zero-order valence-corrected chi connectivity index (χ0v) is 14.8. The van der Waals surface area contributed by atoms with E-state index < -0.39 is 0 Å². The molecule has 0 bridgehead atoms. The molecule has 0 aromatic heterocycles. The SMILES string of the molecule is CCCOC(=CCOCC=C(OCCC)C(C)C)C(C)C. The molecular formula is C18H34O3. The third-order valence-corrected chi connectivity index (χ3v) is 2.89. The van der Waals surface area contributed by atoms with Crippen LogP contribution in [0.1, 0.15) is 54.4 Å². The highest BCUT2D eigenvalue weighted by Gasteiger charge is 2.05. The predicted molar refractivity (Wildman–Crippen MR) is 89.1 cm³/mol. The number of allylic oxidation sites excluding steroid dienone is 2. The fourth-order valence-corrected chi connectivity index (χ4v) is 1.71. The standard InChI is InChI=1S/C18H34O3/c1-7-11-20-17(15(3)4)9-13-19-14-10-18(16(5)6)21-12-8-2/h9-10,15-16H,7-8,11-14H2,1-6H3. The Bertz CT molecular complexity index is 274. The minimum atomic E-state index is 0.398. The van der Waals surface area contributed by atoms with Gasteiger partial charge in [-0.25, -0.2) is 0 Å². The molecule has 0 aromatic carbocycles. The maximum atomic E-state index is 5.71. The number of hydrogen-bond acceptors (Lipinski definition) is 3. The first-order valence-corrected chi connectivity index (χ1v) is 8.26. The Kier molecular flexibility index (Phi) is 12.2. The Morgan fingerprint density at radius 2 is 1.14 bits per heavy atom. The predicted octanol–water partition coefficient (Wildman–Crippen LogP) is 4.94. The van der Waals surface area contributed by atoms with Gasteiger partial charge < -0.3 is 14.2 Å². The van der Waals surface area contributed by atoms with Gasteiger partial charge in [-0.15, -0.1) is 0 Å². The van der Waals surface area contributed by atoms with Crippen LogP contribution in [0.15, 0.2) is 23.7 Å². The van der Waals surface area contributed by atoms with Gasteiger partial charge in [0.1, 0.15) is 0 Å². The summed E-state index contributed by atoms with van der Waals surface area (Å²) in [6, 6.07) is 0. The van der Waals surface area contributed by atoms with Crippen molar-refractivity contribution in [2.24, 2.45) is 11.8 Å². The van der Waals surface area contributed by atoms with E-state index in [0.29, 0.717) is 25.0 Å². The maximum absolute atomic E-state index is 5.71. The molecule has 3 nitrogen and oxygen atoms in total. The van der Waals surface area contributed by atoms with Crippen LogP contribution in [-0.2, 0) is 14.2 Å². The lowest BCUT2D eigenvalue weighted by Crippen LogP contribution is -2.05. The molecule has 0 saturated carbocycles. The van der Waals surface area contributed by atoms with Gasteiger partial charge in [-0.1, -0.05) is 41.5 Å². The Morgan fingerprint density at radius 1 is 0.762 bits per heavy atom. The van der Waals surface area contributed by atoms with E-state index in [9.17, 15) is 0 Å². The van der Waals surface area contributed by atoms with Gasteiger partial charge in [0.05, 0.1) is 37.9 Å². The average Bonchev–Trinajstić information content (AvgIpc) is 2.44. The van der Waals surface area contributed by atoms with Crippen molar-refractivity contribution < 1.29 is 14.2 Å². The molecule has 0 N–H and O–H groups in total.